The first-order valence-electron chi connectivity index (χ1n) is 24.5. The Morgan fingerprint density at radius 3 is 1.68 bits per heavy atom. The zero-order valence-corrected chi connectivity index (χ0v) is 40.2. The second-order valence-corrected chi connectivity index (χ2v) is 18.1. The van der Waals surface area contributed by atoms with Gasteiger partial charge in [-0.15, -0.1) is 0 Å². The first-order valence-corrected chi connectivity index (χ1v) is 24.5. The Kier molecular flexibility index (Phi) is 17.7. The SMILES string of the molecule is Cc1ccc(Oc2ccc(OCC3CCN(C(=O)O)CC3)cc2)nc1.O=C(Nc1ccc(OC(=O)N2CCC(COc3ccc(Oc4ccccn4)cc3)CC2)cc1)c1ccc(CN2CCCCC2)cc1. The van der Waals surface area contributed by atoms with Gasteiger partial charge >= 0.3 is 12.2 Å². The second-order valence-electron chi connectivity index (χ2n) is 18.1. The summed E-state index contributed by atoms with van der Waals surface area (Å²) in [6.45, 7) is 8.76. The molecule has 370 valence electrons. The lowest BCUT2D eigenvalue weighted by molar-refractivity contribution is 0.102. The molecule has 4 aromatic carbocycles. The van der Waals surface area contributed by atoms with Crippen molar-refractivity contribution >= 4 is 23.8 Å². The Hall–Kier alpha value is -7.65. The molecule has 15 heteroatoms. The van der Waals surface area contributed by atoms with Crippen LogP contribution in [0.2, 0.25) is 0 Å². The zero-order chi connectivity index (χ0) is 49.2. The summed E-state index contributed by atoms with van der Waals surface area (Å²) in [6.07, 6.45) is 9.43. The Balaban J connectivity index is 0.000000228. The number of aryl methyl sites for hydroxylation is 1. The molecule has 0 radical (unpaired) electrons. The third-order valence-electron chi connectivity index (χ3n) is 12.7. The molecular formula is C56H62N6O9. The van der Waals surface area contributed by atoms with Crippen LogP contribution >= 0.6 is 0 Å². The van der Waals surface area contributed by atoms with Crippen molar-refractivity contribution in [2.75, 3.05) is 57.8 Å². The standard InChI is InChI=1S/C37H40N4O5.C19H22N2O4/c42-36(30-9-7-28(8-10-30)26-40-22-4-1-5-23-40)39-31-11-13-34(14-12-31)46-37(43)41-24-19-29(20-25-41)27-44-32-15-17-33(18-16-32)45-35-6-2-3-21-38-35;1-14-2-7-18(20-12-14)25-17-5-3-16(4-6-17)24-13-15-8-10-21(11-9-15)19(22)23/h2-3,6-18,21,29H,1,4-5,19-20,22-27H2,(H,39,42);2-7,12,15H,8-11,13H2,1H3,(H,22,23). The number of hydrogen-bond donors (Lipinski definition) is 2. The van der Waals surface area contributed by atoms with Gasteiger partial charge in [0.05, 0.1) is 13.2 Å². The van der Waals surface area contributed by atoms with Crippen LogP contribution in [0.25, 0.3) is 0 Å². The van der Waals surface area contributed by atoms with Crippen molar-refractivity contribution in [3.63, 3.8) is 0 Å². The summed E-state index contributed by atoms with van der Waals surface area (Å²) in [5.74, 6) is 5.07. The predicted octanol–water partition coefficient (Wildman–Crippen LogP) is 11.4. The van der Waals surface area contributed by atoms with Crippen molar-refractivity contribution in [1.29, 1.82) is 0 Å². The maximum Gasteiger partial charge on any atom is 0.415 e. The summed E-state index contributed by atoms with van der Waals surface area (Å²) in [5, 5.41) is 11.9. The van der Waals surface area contributed by atoms with Crippen LogP contribution < -0.4 is 29.0 Å². The van der Waals surface area contributed by atoms with Gasteiger partial charge in [0.1, 0.15) is 28.7 Å². The summed E-state index contributed by atoms with van der Waals surface area (Å²) >= 11 is 0. The molecular weight excluding hydrogens is 901 g/mol. The first kappa shape index (κ1) is 49.8. The lowest BCUT2D eigenvalue weighted by Crippen LogP contribution is -2.41. The van der Waals surface area contributed by atoms with Crippen molar-refractivity contribution < 1.29 is 43.2 Å². The number of carbonyl (C=O) groups excluding carboxylic acids is 2. The molecule has 0 aliphatic carbocycles. The molecule has 3 fully saturated rings. The minimum Gasteiger partial charge on any atom is -0.493 e. The van der Waals surface area contributed by atoms with Crippen LogP contribution in [-0.4, -0.2) is 100 Å². The normalized spacial score (nSPS) is 15.4. The number of amides is 3. The summed E-state index contributed by atoms with van der Waals surface area (Å²) in [7, 11) is 0. The molecule has 0 atom stereocenters. The summed E-state index contributed by atoms with van der Waals surface area (Å²) < 4.78 is 28.9. The van der Waals surface area contributed by atoms with Crippen molar-refractivity contribution in [2.24, 2.45) is 11.8 Å². The van der Waals surface area contributed by atoms with Crippen molar-refractivity contribution in [2.45, 2.75) is 58.4 Å². The number of aromatic nitrogens is 2. The Morgan fingerprint density at radius 1 is 0.592 bits per heavy atom. The number of nitrogens with zero attached hydrogens (tertiary/aromatic N) is 5. The van der Waals surface area contributed by atoms with Crippen LogP contribution in [0, 0.1) is 18.8 Å². The minimum atomic E-state index is -0.835. The molecule has 3 saturated heterocycles. The fourth-order valence-electron chi connectivity index (χ4n) is 8.48. The molecule has 15 nitrogen and oxygen atoms in total. The van der Waals surface area contributed by atoms with Crippen LogP contribution in [0.5, 0.6) is 40.5 Å². The molecule has 9 rings (SSSR count). The smallest absolute Gasteiger partial charge is 0.415 e. The summed E-state index contributed by atoms with van der Waals surface area (Å²) in [5.41, 5.74) is 3.55. The van der Waals surface area contributed by atoms with Gasteiger partial charge in [-0.25, -0.2) is 19.6 Å². The largest absolute Gasteiger partial charge is 0.493 e. The van der Waals surface area contributed by atoms with E-state index >= 15 is 0 Å². The molecule has 0 unspecified atom stereocenters. The van der Waals surface area contributed by atoms with Gasteiger partial charge in [-0.05, 0) is 172 Å². The van der Waals surface area contributed by atoms with Crippen molar-refractivity contribution in [3.8, 4) is 40.5 Å². The fraction of sp³-hybridized carbons (Fsp3) is 0.339. The van der Waals surface area contributed by atoms with E-state index in [-0.39, 0.29) is 12.0 Å². The van der Waals surface area contributed by atoms with Crippen LogP contribution in [0.4, 0.5) is 15.3 Å². The maximum absolute atomic E-state index is 12.8. The number of rotatable bonds is 15. The van der Waals surface area contributed by atoms with E-state index in [1.54, 1.807) is 47.6 Å². The highest BCUT2D eigenvalue weighted by molar-refractivity contribution is 6.04. The van der Waals surface area contributed by atoms with Crippen molar-refractivity contribution in [3.05, 3.63) is 156 Å². The van der Waals surface area contributed by atoms with Gasteiger partial charge in [0.25, 0.3) is 5.91 Å². The number of nitrogens with one attached hydrogen (secondary N) is 1. The average molecular weight is 963 g/mol. The highest BCUT2D eigenvalue weighted by atomic mass is 16.6. The van der Waals surface area contributed by atoms with E-state index in [9.17, 15) is 14.4 Å². The monoisotopic (exact) mass is 962 g/mol. The third kappa shape index (κ3) is 15.7. The molecule has 5 heterocycles. The van der Waals surface area contributed by atoms with E-state index in [4.69, 9.17) is 28.8 Å². The van der Waals surface area contributed by atoms with Crippen LogP contribution in [-0.2, 0) is 6.54 Å². The average Bonchev–Trinajstić information content (AvgIpc) is 3.41. The molecule has 3 aliphatic rings. The number of pyridine rings is 2. The summed E-state index contributed by atoms with van der Waals surface area (Å²) in [6, 6.07) is 38.9. The molecule has 6 aromatic rings. The highest BCUT2D eigenvalue weighted by Gasteiger charge is 2.25. The molecule has 3 aliphatic heterocycles. The predicted molar refractivity (Wildman–Crippen MR) is 270 cm³/mol. The first-order chi connectivity index (χ1) is 34.7. The number of anilines is 1. The van der Waals surface area contributed by atoms with E-state index in [2.05, 4.69) is 20.2 Å². The molecule has 71 heavy (non-hydrogen) atoms. The molecule has 0 saturated carbocycles. The molecule has 3 amide bonds. The molecule has 2 aromatic heterocycles. The van der Waals surface area contributed by atoms with E-state index in [1.165, 1.54) is 29.7 Å². The van der Waals surface area contributed by atoms with Crippen LogP contribution in [0.1, 0.15) is 66.4 Å². The number of piperidine rings is 3. The number of likely N-dealkylation sites (tertiary alicyclic amines) is 3. The number of benzene rings is 4. The number of carboxylic acid groups (broad SMARTS) is 1. The number of carbonyl (C=O) groups is 3. The van der Waals surface area contributed by atoms with Crippen molar-refractivity contribution in [1.82, 2.24) is 24.7 Å². The zero-order valence-electron chi connectivity index (χ0n) is 40.2. The van der Waals surface area contributed by atoms with Crippen LogP contribution in [0.3, 0.4) is 0 Å². The lowest BCUT2D eigenvalue weighted by Gasteiger charge is -2.31. The maximum atomic E-state index is 12.8. The Labute approximate surface area is 415 Å². The van der Waals surface area contributed by atoms with E-state index in [0.717, 1.165) is 62.4 Å². The minimum absolute atomic E-state index is 0.173. The topological polar surface area (TPSA) is 165 Å². The fourth-order valence-corrected chi connectivity index (χ4v) is 8.48. The van der Waals surface area contributed by atoms with Gasteiger partial charge in [0, 0.05) is 68.5 Å². The highest BCUT2D eigenvalue weighted by Crippen LogP contribution is 2.27. The van der Waals surface area contributed by atoms with Crippen LogP contribution in [0.15, 0.2) is 140 Å². The summed E-state index contributed by atoms with van der Waals surface area (Å²) in [4.78, 5) is 50.5. The molecule has 2 N–H and O–H groups in total. The van der Waals surface area contributed by atoms with E-state index in [0.29, 0.717) is 91.5 Å². The van der Waals surface area contributed by atoms with Gasteiger partial charge in [-0.3, -0.25) is 9.69 Å². The molecule has 0 bridgehead atoms. The van der Waals surface area contributed by atoms with Gasteiger partial charge < -0.3 is 43.9 Å². The quantitative estimate of drug-likeness (QED) is 0.100. The van der Waals surface area contributed by atoms with E-state index in [1.807, 2.05) is 104 Å². The molecule has 0 spiro atoms. The van der Waals surface area contributed by atoms with Gasteiger partial charge in [-0.2, -0.15) is 0 Å². The number of ether oxygens (including phenoxy) is 5. The third-order valence-corrected chi connectivity index (χ3v) is 12.7. The Morgan fingerprint density at radius 2 is 1.14 bits per heavy atom. The van der Waals surface area contributed by atoms with Gasteiger partial charge in [0.2, 0.25) is 11.8 Å². The van der Waals surface area contributed by atoms with Gasteiger partial charge in [-0.1, -0.05) is 30.7 Å². The van der Waals surface area contributed by atoms with E-state index < -0.39 is 6.09 Å². The Bertz CT molecular complexity index is 2580. The lowest BCUT2D eigenvalue weighted by atomic mass is 9.98. The second kappa shape index (κ2) is 25.3. The van der Waals surface area contributed by atoms with Gasteiger partial charge in [0.15, 0.2) is 0 Å². The number of hydrogen-bond acceptors (Lipinski definition) is 11.